The third-order valence-corrected chi connectivity index (χ3v) is 1.82. The fraction of sp³-hybridized carbons (Fsp3) is 0.231. The van der Waals surface area contributed by atoms with Crippen molar-refractivity contribution >= 4 is 11.9 Å². The number of carboxylic acids is 1. The number of carboxylic acid groups (broad SMARTS) is 1. The highest BCUT2D eigenvalue weighted by Crippen LogP contribution is 2.10. The molecule has 1 rings (SSSR count). The van der Waals surface area contributed by atoms with Crippen LogP contribution in [0.4, 0.5) is 0 Å². The van der Waals surface area contributed by atoms with Gasteiger partial charge in [-0.15, -0.1) is 0 Å². The van der Waals surface area contributed by atoms with E-state index >= 15 is 0 Å². The Labute approximate surface area is 105 Å². The number of hydrogen-bond donors (Lipinski definition) is 1. The van der Waals surface area contributed by atoms with Crippen molar-refractivity contribution in [2.24, 2.45) is 0 Å². The van der Waals surface area contributed by atoms with Gasteiger partial charge in [0, 0.05) is 0 Å². The monoisotopic (exact) mass is 238 g/mol. The number of carbonyl (C=O) groups excluding carboxylic acids is 1. The van der Waals surface area contributed by atoms with Crippen molar-refractivity contribution in [1.82, 2.24) is 0 Å². The Kier molecular flexibility index (Phi) is 3.07. The van der Waals surface area contributed by atoms with E-state index in [4.69, 9.17) is 15.3 Å². The standard InChI is InChI=1S/C13H14O4/c1-2-3-6-9-17-13(16)11-8-5-4-7-10(11)12(14)15/h3-8H,2,9H2,1H3,(H,14,15)/b6-3+/i4D,5D,7D,8D. The zero-order chi connectivity index (χ0) is 16.2. The first-order valence-electron chi connectivity index (χ1n) is 6.98. The van der Waals surface area contributed by atoms with Gasteiger partial charge in [0.25, 0.3) is 0 Å². The molecule has 0 radical (unpaired) electrons. The Hall–Kier alpha value is -2.10. The Morgan fingerprint density at radius 2 is 2.00 bits per heavy atom. The Balaban J connectivity index is 3.30. The number of aromatic carboxylic acids is 1. The molecule has 0 unspecified atom stereocenters. The molecule has 1 aromatic carbocycles. The predicted octanol–water partition coefficient (Wildman–Crippen LogP) is 2.51. The van der Waals surface area contributed by atoms with Gasteiger partial charge in [0.05, 0.1) is 16.6 Å². The van der Waals surface area contributed by atoms with E-state index in [1.165, 1.54) is 0 Å². The van der Waals surface area contributed by atoms with Gasteiger partial charge in [-0.05, 0) is 18.5 Å². The minimum absolute atomic E-state index is 0.103. The van der Waals surface area contributed by atoms with Gasteiger partial charge in [0.1, 0.15) is 6.61 Å². The van der Waals surface area contributed by atoms with E-state index in [1.807, 2.05) is 6.92 Å². The van der Waals surface area contributed by atoms with Gasteiger partial charge < -0.3 is 9.84 Å². The van der Waals surface area contributed by atoms with E-state index in [0.717, 1.165) is 6.42 Å². The predicted molar refractivity (Wildman–Crippen MR) is 63.1 cm³/mol. The van der Waals surface area contributed by atoms with E-state index < -0.39 is 47.2 Å². The molecule has 0 atom stereocenters. The summed E-state index contributed by atoms with van der Waals surface area (Å²) in [6.45, 7) is 1.78. The van der Waals surface area contributed by atoms with Crippen molar-refractivity contribution in [3.8, 4) is 0 Å². The summed E-state index contributed by atoms with van der Waals surface area (Å²) in [6.07, 6.45) is 4.04. The van der Waals surface area contributed by atoms with E-state index in [2.05, 4.69) is 0 Å². The molecule has 1 N–H and O–H groups in total. The molecule has 0 aromatic heterocycles. The Bertz CT molecular complexity index is 611. The zero-order valence-electron chi connectivity index (χ0n) is 13.2. The molecule has 1 aromatic rings. The van der Waals surface area contributed by atoms with Crippen molar-refractivity contribution < 1.29 is 24.9 Å². The zero-order valence-corrected chi connectivity index (χ0v) is 9.24. The number of rotatable bonds is 5. The summed E-state index contributed by atoms with van der Waals surface area (Å²) in [7, 11) is 0. The first-order chi connectivity index (χ1) is 9.82. The van der Waals surface area contributed by atoms with Gasteiger partial charge in [-0.1, -0.05) is 31.2 Å². The Morgan fingerprint density at radius 1 is 1.35 bits per heavy atom. The van der Waals surface area contributed by atoms with Gasteiger partial charge in [-0.25, -0.2) is 9.59 Å². The SMILES string of the molecule is [2H]c1c([2H])c([2H])c(C(=O)OC/C=C/CC)c(C(=O)O)c1[2H]. The van der Waals surface area contributed by atoms with Crippen LogP contribution in [0.15, 0.2) is 36.3 Å². The molecule has 0 fully saturated rings. The van der Waals surface area contributed by atoms with Crippen molar-refractivity contribution in [1.29, 1.82) is 0 Å². The molecule has 4 nitrogen and oxygen atoms in total. The highest BCUT2D eigenvalue weighted by Gasteiger charge is 2.16. The summed E-state index contributed by atoms with van der Waals surface area (Å²) in [5.41, 5.74) is -1.45. The third kappa shape index (κ3) is 3.75. The van der Waals surface area contributed by atoms with Gasteiger partial charge in [0.2, 0.25) is 0 Å². The number of carbonyl (C=O) groups is 2. The first-order valence-corrected chi connectivity index (χ1v) is 4.98. The second kappa shape index (κ2) is 6.48. The van der Waals surface area contributed by atoms with Crippen molar-refractivity contribution in [2.75, 3.05) is 6.61 Å². The quantitative estimate of drug-likeness (QED) is 0.632. The molecule has 0 aliphatic carbocycles. The van der Waals surface area contributed by atoms with Gasteiger partial charge in [-0.3, -0.25) is 0 Å². The average molecular weight is 238 g/mol. The molecular formula is C13H14O4. The third-order valence-electron chi connectivity index (χ3n) is 1.82. The van der Waals surface area contributed by atoms with Gasteiger partial charge >= 0.3 is 11.9 Å². The molecule has 0 saturated carbocycles. The normalized spacial score (nSPS) is 13.7. The molecule has 0 saturated heterocycles. The lowest BCUT2D eigenvalue weighted by atomic mass is 10.1. The van der Waals surface area contributed by atoms with E-state index in [0.29, 0.717) is 0 Å². The van der Waals surface area contributed by atoms with Crippen LogP contribution >= 0.6 is 0 Å². The second-order valence-electron chi connectivity index (χ2n) is 3.03. The lowest BCUT2D eigenvalue weighted by molar-refractivity contribution is 0.0536. The van der Waals surface area contributed by atoms with Crippen molar-refractivity contribution in [3.63, 3.8) is 0 Å². The lowest BCUT2D eigenvalue weighted by Gasteiger charge is -2.04. The molecule has 0 bridgehead atoms. The van der Waals surface area contributed by atoms with Crippen LogP contribution in [0.25, 0.3) is 0 Å². The number of benzene rings is 1. The van der Waals surface area contributed by atoms with E-state index in [9.17, 15) is 9.59 Å². The molecule has 0 aliphatic rings. The van der Waals surface area contributed by atoms with Gasteiger partial charge in [-0.2, -0.15) is 0 Å². The maximum absolute atomic E-state index is 11.9. The molecular weight excluding hydrogens is 220 g/mol. The average Bonchev–Trinajstić information content (AvgIpc) is 2.44. The molecule has 0 heterocycles. The van der Waals surface area contributed by atoms with Gasteiger partial charge in [0.15, 0.2) is 0 Å². The van der Waals surface area contributed by atoms with Crippen LogP contribution in [0.1, 0.15) is 39.5 Å². The van der Waals surface area contributed by atoms with Crippen molar-refractivity contribution in [3.05, 3.63) is 47.4 Å². The molecule has 0 spiro atoms. The number of ether oxygens (including phenoxy) is 1. The van der Waals surface area contributed by atoms with Crippen LogP contribution < -0.4 is 0 Å². The van der Waals surface area contributed by atoms with Crippen LogP contribution in [0.5, 0.6) is 0 Å². The number of esters is 1. The summed E-state index contributed by atoms with van der Waals surface area (Å²) >= 11 is 0. The molecule has 4 heteroatoms. The van der Waals surface area contributed by atoms with Crippen molar-refractivity contribution in [2.45, 2.75) is 13.3 Å². The maximum atomic E-state index is 11.9. The molecule has 0 amide bonds. The number of hydrogen-bond acceptors (Lipinski definition) is 3. The molecule has 17 heavy (non-hydrogen) atoms. The minimum atomic E-state index is -1.61. The second-order valence-corrected chi connectivity index (χ2v) is 3.03. The molecule has 90 valence electrons. The Morgan fingerprint density at radius 3 is 2.59 bits per heavy atom. The fourth-order valence-corrected chi connectivity index (χ4v) is 1.06. The minimum Gasteiger partial charge on any atom is -0.478 e. The highest BCUT2D eigenvalue weighted by molar-refractivity contribution is 6.02. The van der Waals surface area contributed by atoms with Crippen LogP contribution in [-0.2, 0) is 4.74 Å². The van der Waals surface area contributed by atoms with E-state index in [-0.39, 0.29) is 6.61 Å². The smallest absolute Gasteiger partial charge is 0.339 e. The summed E-state index contributed by atoms with van der Waals surface area (Å²) in [5, 5.41) is 9.08. The summed E-state index contributed by atoms with van der Waals surface area (Å²) in [4.78, 5) is 23.1. The largest absolute Gasteiger partial charge is 0.478 e. The van der Waals surface area contributed by atoms with E-state index in [1.54, 1.807) is 12.2 Å². The first kappa shape index (κ1) is 8.06. The van der Waals surface area contributed by atoms with Crippen LogP contribution in [-0.4, -0.2) is 23.7 Å². The number of allylic oxidation sites excluding steroid dienone is 1. The molecule has 0 aliphatic heterocycles. The highest BCUT2D eigenvalue weighted by atomic mass is 16.5. The summed E-state index contributed by atoms with van der Waals surface area (Å²) in [6, 6.07) is -2.89. The topological polar surface area (TPSA) is 63.6 Å². The maximum Gasteiger partial charge on any atom is 0.339 e. The fourth-order valence-electron chi connectivity index (χ4n) is 1.06. The van der Waals surface area contributed by atoms with Crippen LogP contribution in [0, 0.1) is 0 Å². The lowest BCUT2D eigenvalue weighted by Crippen LogP contribution is -2.11. The summed E-state index contributed by atoms with van der Waals surface area (Å²) < 4.78 is 34.9. The summed E-state index contributed by atoms with van der Waals surface area (Å²) in [5.74, 6) is -2.71. The van der Waals surface area contributed by atoms with Crippen LogP contribution in [0.3, 0.4) is 0 Å². The van der Waals surface area contributed by atoms with Crippen LogP contribution in [0.2, 0.25) is 0 Å².